The summed E-state index contributed by atoms with van der Waals surface area (Å²) in [5.74, 6) is -0.984. The van der Waals surface area contributed by atoms with Crippen LogP contribution in [0.15, 0.2) is 6.07 Å². The molecule has 1 unspecified atom stereocenters. The minimum atomic E-state index is -0.860. The van der Waals surface area contributed by atoms with Crippen molar-refractivity contribution in [2.75, 3.05) is 6.54 Å². The van der Waals surface area contributed by atoms with Crippen LogP contribution in [0.5, 0.6) is 0 Å². The van der Waals surface area contributed by atoms with Crippen molar-refractivity contribution < 1.29 is 14.7 Å². The molecule has 1 aliphatic heterocycles. The number of carboxylic acids is 1. The maximum atomic E-state index is 12.3. The summed E-state index contributed by atoms with van der Waals surface area (Å²) in [4.78, 5) is 24.8. The lowest BCUT2D eigenvalue weighted by Crippen LogP contribution is -2.37. The number of nitrogens with zero attached hydrogens (tertiary/aromatic N) is 3. The van der Waals surface area contributed by atoms with Gasteiger partial charge in [-0.2, -0.15) is 5.10 Å². The fourth-order valence-corrected chi connectivity index (χ4v) is 2.47. The smallest absolute Gasteiger partial charge is 0.305 e. The molecule has 1 aromatic heterocycles. The second-order valence-corrected chi connectivity index (χ2v) is 4.69. The third kappa shape index (κ3) is 2.37. The number of amides is 1. The first-order valence-electron chi connectivity index (χ1n) is 6.02. The molecule has 1 amide bonds. The Morgan fingerprint density at radius 2 is 2.28 bits per heavy atom. The van der Waals surface area contributed by atoms with Crippen molar-refractivity contribution in [2.24, 2.45) is 7.05 Å². The summed E-state index contributed by atoms with van der Waals surface area (Å²) in [5, 5.41) is 13.0. The third-order valence-corrected chi connectivity index (χ3v) is 3.27. The maximum absolute atomic E-state index is 12.3. The summed E-state index contributed by atoms with van der Waals surface area (Å²) in [6.45, 7) is 2.45. The molecule has 2 heterocycles. The molecular formula is C12H17N3O3. The molecule has 1 atom stereocenters. The summed E-state index contributed by atoms with van der Waals surface area (Å²) >= 11 is 0. The van der Waals surface area contributed by atoms with Gasteiger partial charge >= 0.3 is 5.97 Å². The van der Waals surface area contributed by atoms with E-state index in [1.807, 2.05) is 6.92 Å². The number of carbonyl (C=O) groups is 2. The van der Waals surface area contributed by atoms with Gasteiger partial charge in [0.15, 0.2) is 0 Å². The Morgan fingerprint density at radius 1 is 1.56 bits per heavy atom. The van der Waals surface area contributed by atoms with Crippen LogP contribution in [0.2, 0.25) is 0 Å². The zero-order valence-corrected chi connectivity index (χ0v) is 10.6. The fraction of sp³-hybridized carbons (Fsp3) is 0.583. The number of rotatable bonds is 3. The molecule has 1 saturated heterocycles. The first kappa shape index (κ1) is 12.6. The number of hydrogen-bond donors (Lipinski definition) is 1. The van der Waals surface area contributed by atoms with E-state index in [1.54, 1.807) is 22.7 Å². The lowest BCUT2D eigenvalue weighted by Gasteiger charge is -2.23. The van der Waals surface area contributed by atoms with E-state index >= 15 is 0 Å². The highest BCUT2D eigenvalue weighted by atomic mass is 16.4. The number of aryl methyl sites for hydroxylation is 2. The Morgan fingerprint density at radius 3 is 2.83 bits per heavy atom. The molecule has 2 rings (SSSR count). The van der Waals surface area contributed by atoms with Gasteiger partial charge in [0.1, 0.15) is 5.69 Å². The Kier molecular flexibility index (Phi) is 3.36. The highest BCUT2D eigenvalue weighted by Gasteiger charge is 2.32. The van der Waals surface area contributed by atoms with Gasteiger partial charge in [0, 0.05) is 19.6 Å². The molecule has 98 valence electrons. The van der Waals surface area contributed by atoms with Gasteiger partial charge in [0.2, 0.25) is 0 Å². The highest BCUT2D eigenvalue weighted by molar-refractivity contribution is 5.93. The number of carboxylic acid groups (broad SMARTS) is 1. The normalized spacial score (nSPS) is 19.2. The van der Waals surface area contributed by atoms with Gasteiger partial charge in [0.25, 0.3) is 5.91 Å². The highest BCUT2D eigenvalue weighted by Crippen LogP contribution is 2.22. The number of aromatic nitrogens is 2. The van der Waals surface area contributed by atoms with E-state index in [4.69, 9.17) is 5.11 Å². The largest absolute Gasteiger partial charge is 0.481 e. The molecule has 1 fully saturated rings. The Labute approximate surface area is 105 Å². The molecule has 1 aliphatic rings. The van der Waals surface area contributed by atoms with Gasteiger partial charge in [-0.1, -0.05) is 0 Å². The molecule has 1 aromatic rings. The monoisotopic (exact) mass is 251 g/mol. The predicted molar refractivity (Wildman–Crippen MR) is 64.3 cm³/mol. The van der Waals surface area contributed by atoms with E-state index in [0.717, 1.165) is 18.5 Å². The van der Waals surface area contributed by atoms with Crippen molar-refractivity contribution in [3.63, 3.8) is 0 Å². The average Bonchev–Trinajstić information content (AvgIpc) is 2.83. The second kappa shape index (κ2) is 4.80. The topological polar surface area (TPSA) is 75.4 Å². The Bertz CT molecular complexity index is 481. The van der Waals surface area contributed by atoms with Crippen LogP contribution in [0.25, 0.3) is 0 Å². The van der Waals surface area contributed by atoms with Gasteiger partial charge in [-0.3, -0.25) is 14.3 Å². The van der Waals surface area contributed by atoms with E-state index in [9.17, 15) is 9.59 Å². The average molecular weight is 251 g/mol. The van der Waals surface area contributed by atoms with Gasteiger partial charge in [-0.15, -0.1) is 0 Å². The molecule has 1 N–H and O–H groups in total. The van der Waals surface area contributed by atoms with Crippen molar-refractivity contribution in [1.29, 1.82) is 0 Å². The number of carbonyl (C=O) groups excluding carboxylic acids is 1. The third-order valence-electron chi connectivity index (χ3n) is 3.27. The Hall–Kier alpha value is -1.85. The summed E-state index contributed by atoms with van der Waals surface area (Å²) < 4.78 is 1.55. The lowest BCUT2D eigenvalue weighted by atomic mass is 10.1. The molecule has 0 spiro atoms. The maximum Gasteiger partial charge on any atom is 0.305 e. The summed E-state index contributed by atoms with van der Waals surface area (Å²) in [5.41, 5.74) is 1.31. The quantitative estimate of drug-likeness (QED) is 0.862. The van der Waals surface area contributed by atoms with Crippen molar-refractivity contribution in [3.8, 4) is 0 Å². The first-order chi connectivity index (χ1) is 8.49. The van der Waals surface area contributed by atoms with Crippen LogP contribution in [0, 0.1) is 6.92 Å². The molecule has 6 heteroatoms. The fourth-order valence-electron chi connectivity index (χ4n) is 2.47. The van der Waals surface area contributed by atoms with E-state index in [2.05, 4.69) is 5.10 Å². The summed E-state index contributed by atoms with van der Waals surface area (Å²) in [7, 11) is 1.72. The summed E-state index contributed by atoms with van der Waals surface area (Å²) in [6.07, 6.45) is 1.64. The van der Waals surface area contributed by atoms with Crippen molar-refractivity contribution in [1.82, 2.24) is 14.7 Å². The molecule has 18 heavy (non-hydrogen) atoms. The minimum Gasteiger partial charge on any atom is -0.481 e. The zero-order valence-electron chi connectivity index (χ0n) is 10.6. The van der Waals surface area contributed by atoms with Crippen LogP contribution in [0.3, 0.4) is 0 Å². The van der Waals surface area contributed by atoms with E-state index < -0.39 is 5.97 Å². The molecule has 0 radical (unpaired) electrons. The zero-order chi connectivity index (χ0) is 13.3. The van der Waals surface area contributed by atoms with Gasteiger partial charge < -0.3 is 10.0 Å². The van der Waals surface area contributed by atoms with Crippen LogP contribution in [-0.4, -0.2) is 44.3 Å². The molecule has 6 nitrogen and oxygen atoms in total. The minimum absolute atomic E-state index is 0.0164. The van der Waals surface area contributed by atoms with Gasteiger partial charge in [-0.05, 0) is 25.8 Å². The number of aliphatic carboxylic acids is 1. The van der Waals surface area contributed by atoms with Crippen LogP contribution in [0.4, 0.5) is 0 Å². The van der Waals surface area contributed by atoms with E-state index in [0.29, 0.717) is 12.2 Å². The number of likely N-dealkylation sites (tertiary alicyclic amines) is 1. The number of hydrogen-bond acceptors (Lipinski definition) is 3. The van der Waals surface area contributed by atoms with Gasteiger partial charge in [-0.25, -0.2) is 0 Å². The van der Waals surface area contributed by atoms with Crippen LogP contribution < -0.4 is 0 Å². The molecule has 0 bridgehead atoms. The van der Waals surface area contributed by atoms with Crippen molar-refractivity contribution >= 4 is 11.9 Å². The summed E-state index contributed by atoms with van der Waals surface area (Å²) in [6, 6.07) is 1.54. The molecule has 0 aromatic carbocycles. The van der Waals surface area contributed by atoms with Crippen LogP contribution >= 0.6 is 0 Å². The van der Waals surface area contributed by atoms with E-state index in [1.165, 1.54) is 0 Å². The van der Waals surface area contributed by atoms with Crippen molar-refractivity contribution in [3.05, 3.63) is 17.5 Å². The predicted octanol–water partition coefficient (Wildman–Crippen LogP) is 0.808. The van der Waals surface area contributed by atoms with Crippen molar-refractivity contribution in [2.45, 2.75) is 32.2 Å². The first-order valence-corrected chi connectivity index (χ1v) is 6.02. The molecular weight excluding hydrogens is 234 g/mol. The molecule has 0 saturated carbocycles. The van der Waals surface area contributed by atoms with E-state index in [-0.39, 0.29) is 18.4 Å². The van der Waals surface area contributed by atoms with Gasteiger partial charge in [0.05, 0.1) is 12.1 Å². The SMILES string of the molecule is Cc1cc(C(=O)N2CCCC2CC(=O)O)n(C)n1. The van der Waals surface area contributed by atoms with Crippen LogP contribution in [-0.2, 0) is 11.8 Å². The standard InChI is InChI=1S/C12H17N3O3/c1-8-6-10(14(2)13-8)12(18)15-5-3-4-9(15)7-11(16)17/h6,9H,3-5,7H2,1-2H3,(H,16,17). The van der Waals surface area contributed by atoms with Crippen LogP contribution in [0.1, 0.15) is 35.4 Å². The molecule has 0 aliphatic carbocycles. The second-order valence-electron chi connectivity index (χ2n) is 4.69. The lowest BCUT2D eigenvalue weighted by molar-refractivity contribution is -0.137. The Balaban J connectivity index is 2.17.